The molecule has 0 aliphatic carbocycles. The van der Waals surface area contributed by atoms with E-state index in [2.05, 4.69) is 9.97 Å². The van der Waals surface area contributed by atoms with Gasteiger partial charge in [-0.3, -0.25) is 0 Å². The summed E-state index contributed by atoms with van der Waals surface area (Å²) in [6, 6.07) is 1.31. The highest BCUT2D eigenvalue weighted by molar-refractivity contribution is 5.88. The topological polar surface area (TPSA) is 104 Å². The van der Waals surface area contributed by atoms with Crippen molar-refractivity contribution in [3.8, 4) is 0 Å². The Labute approximate surface area is 74.9 Å². The number of aromatic nitrogens is 2. The molecule has 0 aliphatic heterocycles. The number of rotatable bonds is 2. The van der Waals surface area contributed by atoms with Crippen LogP contribution in [-0.4, -0.2) is 22.5 Å². The molecule has 0 atom stereocenters. The van der Waals surface area contributed by atoms with E-state index >= 15 is 0 Å². The minimum absolute atomic E-state index is 0.0388. The van der Waals surface area contributed by atoms with Crippen molar-refractivity contribution in [1.82, 2.24) is 9.97 Å². The Morgan fingerprint density at radius 1 is 1.54 bits per heavy atom. The van der Waals surface area contributed by atoms with E-state index in [9.17, 15) is 4.79 Å². The summed E-state index contributed by atoms with van der Waals surface area (Å²) < 4.78 is 4.70. The van der Waals surface area contributed by atoms with Crippen molar-refractivity contribution in [3.63, 3.8) is 0 Å². The van der Waals surface area contributed by atoms with Crippen molar-refractivity contribution in [2.75, 3.05) is 18.1 Å². The first-order valence-corrected chi connectivity index (χ1v) is 3.70. The minimum Gasteiger partial charge on any atom is -0.461 e. The van der Waals surface area contributed by atoms with Crippen LogP contribution in [0.15, 0.2) is 6.07 Å². The quantitative estimate of drug-likeness (QED) is 0.614. The van der Waals surface area contributed by atoms with Gasteiger partial charge in [0.25, 0.3) is 0 Å². The number of carbonyl (C=O) groups excluding carboxylic acids is 1. The average Bonchev–Trinajstić information content (AvgIpc) is 2.03. The summed E-state index contributed by atoms with van der Waals surface area (Å²) in [6.07, 6.45) is 0. The molecule has 1 heterocycles. The summed E-state index contributed by atoms with van der Waals surface area (Å²) in [7, 11) is 0. The molecule has 0 unspecified atom stereocenters. The van der Waals surface area contributed by atoms with Crippen LogP contribution in [0.3, 0.4) is 0 Å². The largest absolute Gasteiger partial charge is 0.461 e. The van der Waals surface area contributed by atoms with Crippen LogP contribution in [-0.2, 0) is 4.74 Å². The molecule has 4 N–H and O–H groups in total. The molecule has 0 spiro atoms. The lowest BCUT2D eigenvalue weighted by Gasteiger charge is -2.01. The molecule has 0 saturated heterocycles. The number of carbonyl (C=O) groups is 1. The third-order valence-corrected chi connectivity index (χ3v) is 1.25. The second-order valence-corrected chi connectivity index (χ2v) is 2.26. The van der Waals surface area contributed by atoms with Gasteiger partial charge in [0.2, 0.25) is 5.95 Å². The van der Waals surface area contributed by atoms with E-state index in [4.69, 9.17) is 16.2 Å². The molecule has 13 heavy (non-hydrogen) atoms. The summed E-state index contributed by atoms with van der Waals surface area (Å²) in [5.41, 5.74) is 10.7. The number of nitrogens with two attached hydrogens (primary N) is 2. The Bertz CT molecular complexity index is 306. The molecule has 0 aromatic carbocycles. The van der Waals surface area contributed by atoms with E-state index in [1.54, 1.807) is 6.92 Å². The molecule has 0 fully saturated rings. The fourth-order valence-corrected chi connectivity index (χ4v) is 0.795. The Morgan fingerprint density at radius 3 is 2.77 bits per heavy atom. The second-order valence-electron chi connectivity index (χ2n) is 2.26. The maximum atomic E-state index is 11.1. The number of esters is 1. The predicted octanol–water partition coefficient (Wildman–Crippen LogP) is -0.182. The van der Waals surface area contributed by atoms with Crippen molar-refractivity contribution in [2.45, 2.75) is 6.92 Å². The molecule has 0 bridgehead atoms. The Morgan fingerprint density at radius 2 is 2.23 bits per heavy atom. The Balaban J connectivity index is 2.94. The number of nitrogen functional groups attached to an aromatic ring is 2. The molecular weight excluding hydrogens is 172 g/mol. The Kier molecular flexibility index (Phi) is 2.63. The lowest BCUT2D eigenvalue weighted by atomic mass is 10.4. The molecule has 0 aliphatic rings. The fraction of sp³-hybridized carbons (Fsp3) is 0.286. The van der Waals surface area contributed by atoms with Gasteiger partial charge in [0.05, 0.1) is 6.61 Å². The molecule has 0 radical (unpaired) electrons. The van der Waals surface area contributed by atoms with Crippen LogP contribution in [0, 0.1) is 0 Å². The van der Waals surface area contributed by atoms with Gasteiger partial charge in [-0.2, -0.15) is 4.98 Å². The molecule has 0 amide bonds. The SMILES string of the molecule is CCOC(=O)c1cc(N)nc(N)n1. The van der Waals surface area contributed by atoms with E-state index in [0.717, 1.165) is 0 Å². The lowest BCUT2D eigenvalue weighted by molar-refractivity contribution is 0.0519. The van der Waals surface area contributed by atoms with Gasteiger partial charge >= 0.3 is 5.97 Å². The van der Waals surface area contributed by atoms with Crippen molar-refractivity contribution >= 4 is 17.7 Å². The van der Waals surface area contributed by atoms with Gasteiger partial charge in [-0.25, -0.2) is 9.78 Å². The van der Waals surface area contributed by atoms with Gasteiger partial charge in [-0.05, 0) is 6.92 Å². The number of anilines is 2. The van der Waals surface area contributed by atoms with Crippen LogP contribution in [0.4, 0.5) is 11.8 Å². The van der Waals surface area contributed by atoms with Crippen LogP contribution in [0.2, 0.25) is 0 Å². The highest BCUT2D eigenvalue weighted by Crippen LogP contribution is 2.05. The molecule has 1 rings (SSSR count). The normalized spacial score (nSPS) is 9.62. The van der Waals surface area contributed by atoms with Crippen molar-refractivity contribution in [2.24, 2.45) is 0 Å². The third-order valence-electron chi connectivity index (χ3n) is 1.25. The second kappa shape index (κ2) is 3.70. The number of ether oxygens (including phenoxy) is 1. The van der Waals surface area contributed by atoms with Crippen LogP contribution in [0.5, 0.6) is 0 Å². The molecule has 1 aromatic heterocycles. The van der Waals surface area contributed by atoms with Crippen molar-refractivity contribution in [1.29, 1.82) is 0 Å². The molecule has 6 heteroatoms. The van der Waals surface area contributed by atoms with Crippen LogP contribution < -0.4 is 11.5 Å². The zero-order valence-corrected chi connectivity index (χ0v) is 7.15. The van der Waals surface area contributed by atoms with Gasteiger partial charge in [0.1, 0.15) is 5.82 Å². The Hall–Kier alpha value is -1.85. The first kappa shape index (κ1) is 9.24. The molecule has 70 valence electrons. The van der Waals surface area contributed by atoms with E-state index in [1.165, 1.54) is 6.07 Å². The lowest BCUT2D eigenvalue weighted by Crippen LogP contribution is -2.10. The van der Waals surface area contributed by atoms with Crippen molar-refractivity contribution in [3.05, 3.63) is 11.8 Å². The van der Waals surface area contributed by atoms with Crippen molar-refractivity contribution < 1.29 is 9.53 Å². The monoisotopic (exact) mass is 182 g/mol. The van der Waals surface area contributed by atoms with Gasteiger partial charge in [0, 0.05) is 6.07 Å². The van der Waals surface area contributed by atoms with Crippen LogP contribution in [0.1, 0.15) is 17.4 Å². The summed E-state index contributed by atoms with van der Waals surface area (Å²) in [5, 5.41) is 0. The van der Waals surface area contributed by atoms with Gasteiger partial charge in [-0.15, -0.1) is 0 Å². The molecule has 1 aromatic rings. The maximum Gasteiger partial charge on any atom is 0.357 e. The predicted molar refractivity (Wildman–Crippen MR) is 46.8 cm³/mol. The van der Waals surface area contributed by atoms with E-state index in [-0.39, 0.29) is 24.1 Å². The zero-order valence-electron chi connectivity index (χ0n) is 7.15. The highest BCUT2D eigenvalue weighted by Gasteiger charge is 2.09. The molecule has 0 saturated carbocycles. The average molecular weight is 182 g/mol. The smallest absolute Gasteiger partial charge is 0.357 e. The van der Waals surface area contributed by atoms with E-state index in [0.29, 0.717) is 0 Å². The van der Waals surface area contributed by atoms with Crippen LogP contribution >= 0.6 is 0 Å². The summed E-state index contributed by atoms with van der Waals surface area (Å²) in [6.45, 7) is 1.98. The first-order valence-electron chi connectivity index (χ1n) is 3.70. The van der Waals surface area contributed by atoms with Crippen LogP contribution in [0.25, 0.3) is 0 Å². The maximum absolute atomic E-state index is 11.1. The standard InChI is InChI=1S/C7H10N4O2/c1-2-13-6(12)4-3-5(8)11-7(9)10-4/h3H,2H2,1H3,(H4,8,9,10,11). The molecule has 6 nitrogen and oxygen atoms in total. The molecular formula is C7H10N4O2. The number of hydrogen-bond donors (Lipinski definition) is 2. The highest BCUT2D eigenvalue weighted by atomic mass is 16.5. The van der Waals surface area contributed by atoms with Gasteiger partial charge < -0.3 is 16.2 Å². The summed E-state index contributed by atoms with van der Waals surface area (Å²) in [5.74, 6) is -0.443. The van der Waals surface area contributed by atoms with Gasteiger partial charge in [-0.1, -0.05) is 0 Å². The van der Waals surface area contributed by atoms with Gasteiger partial charge in [0.15, 0.2) is 5.69 Å². The first-order chi connectivity index (χ1) is 6.13. The summed E-state index contributed by atoms with van der Waals surface area (Å²) >= 11 is 0. The summed E-state index contributed by atoms with van der Waals surface area (Å²) in [4.78, 5) is 18.4. The third kappa shape index (κ3) is 2.29. The van der Waals surface area contributed by atoms with E-state index in [1.807, 2.05) is 0 Å². The van der Waals surface area contributed by atoms with E-state index < -0.39 is 5.97 Å². The fourth-order valence-electron chi connectivity index (χ4n) is 0.795. The number of nitrogens with zero attached hydrogens (tertiary/aromatic N) is 2. The zero-order chi connectivity index (χ0) is 9.84. The number of hydrogen-bond acceptors (Lipinski definition) is 6. The minimum atomic E-state index is -0.552.